The minimum absolute atomic E-state index is 0.0134. The maximum atomic E-state index is 13.2. The van der Waals surface area contributed by atoms with E-state index in [4.69, 9.17) is 4.74 Å². The van der Waals surface area contributed by atoms with Crippen molar-refractivity contribution in [1.82, 2.24) is 24.6 Å². The molecule has 0 unspecified atom stereocenters. The number of alkyl halides is 5. The standard InChI is InChI=1S/C17H15F5N6O2/c18-16(19)10-1-2-14-23-4-12(28(14)26-10)11-3-15(25-8-24-11)27-5-9(7-29)30-13(6-27)17(20,21)22/h1-4,8-9,13,16,29H,5-7H2/t9-,13+/m1/s1. The molecular weight excluding hydrogens is 415 g/mol. The van der Waals surface area contributed by atoms with Crippen molar-refractivity contribution in [2.75, 3.05) is 24.6 Å². The number of nitrogens with zero attached hydrogens (tertiary/aromatic N) is 6. The lowest BCUT2D eigenvalue weighted by Crippen LogP contribution is -2.54. The first kappa shape index (κ1) is 20.3. The number of aromatic nitrogens is 5. The minimum Gasteiger partial charge on any atom is -0.394 e. The van der Waals surface area contributed by atoms with Crippen molar-refractivity contribution >= 4 is 11.5 Å². The Balaban J connectivity index is 1.69. The van der Waals surface area contributed by atoms with E-state index in [0.29, 0.717) is 5.65 Å². The van der Waals surface area contributed by atoms with Crippen molar-refractivity contribution in [2.24, 2.45) is 0 Å². The highest BCUT2D eigenvalue weighted by atomic mass is 19.4. The van der Waals surface area contributed by atoms with Gasteiger partial charge in [-0.1, -0.05) is 0 Å². The molecule has 0 aromatic carbocycles. The van der Waals surface area contributed by atoms with E-state index in [0.717, 1.165) is 12.4 Å². The molecule has 0 radical (unpaired) electrons. The zero-order chi connectivity index (χ0) is 21.5. The van der Waals surface area contributed by atoms with Crippen molar-refractivity contribution in [3.05, 3.63) is 36.4 Å². The molecule has 0 bridgehead atoms. The monoisotopic (exact) mass is 430 g/mol. The second-order valence-corrected chi connectivity index (χ2v) is 6.61. The predicted octanol–water partition coefficient (Wildman–Crippen LogP) is 2.25. The number of morpholine rings is 1. The van der Waals surface area contributed by atoms with Gasteiger partial charge in [-0.3, -0.25) is 0 Å². The highest BCUT2D eigenvalue weighted by Gasteiger charge is 2.46. The van der Waals surface area contributed by atoms with Gasteiger partial charge in [-0.15, -0.1) is 0 Å². The van der Waals surface area contributed by atoms with E-state index in [1.165, 1.54) is 27.7 Å². The summed E-state index contributed by atoms with van der Waals surface area (Å²) < 4.78 is 71.6. The normalized spacial score (nSPS) is 20.3. The van der Waals surface area contributed by atoms with Gasteiger partial charge in [0.05, 0.1) is 31.1 Å². The van der Waals surface area contributed by atoms with Crippen LogP contribution in [0.4, 0.5) is 27.8 Å². The molecule has 4 rings (SSSR count). The second kappa shape index (κ2) is 7.72. The summed E-state index contributed by atoms with van der Waals surface area (Å²) in [5.74, 6) is 0.163. The van der Waals surface area contributed by atoms with Crippen LogP contribution in [0.25, 0.3) is 17.0 Å². The number of fused-ring (bicyclic) bond motifs is 1. The lowest BCUT2D eigenvalue weighted by molar-refractivity contribution is -0.238. The molecule has 8 nitrogen and oxygen atoms in total. The van der Waals surface area contributed by atoms with Gasteiger partial charge in [0.2, 0.25) is 0 Å². The molecule has 3 aromatic rings. The van der Waals surface area contributed by atoms with Crippen LogP contribution in [0, 0.1) is 0 Å². The van der Waals surface area contributed by atoms with Gasteiger partial charge in [0.1, 0.15) is 23.5 Å². The number of rotatable bonds is 4. The van der Waals surface area contributed by atoms with Gasteiger partial charge >= 0.3 is 6.18 Å². The van der Waals surface area contributed by atoms with Crippen molar-refractivity contribution in [3.8, 4) is 11.4 Å². The molecule has 160 valence electrons. The highest BCUT2D eigenvalue weighted by molar-refractivity contribution is 5.62. The van der Waals surface area contributed by atoms with Crippen LogP contribution in [0.1, 0.15) is 12.1 Å². The maximum absolute atomic E-state index is 13.2. The van der Waals surface area contributed by atoms with Crippen molar-refractivity contribution in [1.29, 1.82) is 0 Å². The fourth-order valence-corrected chi connectivity index (χ4v) is 3.15. The summed E-state index contributed by atoms with van der Waals surface area (Å²) in [4.78, 5) is 13.5. The molecular formula is C17H15F5N6O2. The summed E-state index contributed by atoms with van der Waals surface area (Å²) >= 11 is 0. The van der Waals surface area contributed by atoms with E-state index in [1.54, 1.807) is 0 Å². The topological polar surface area (TPSA) is 88.7 Å². The van der Waals surface area contributed by atoms with E-state index in [9.17, 15) is 27.1 Å². The first-order valence-electron chi connectivity index (χ1n) is 8.79. The molecule has 1 saturated heterocycles. The average Bonchev–Trinajstić information content (AvgIpc) is 3.16. The first-order valence-corrected chi connectivity index (χ1v) is 8.79. The Kier molecular flexibility index (Phi) is 5.24. The largest absolute Gasteiger partial charge is 0.416 e. The lowest BCUT2D eigenvalue weighted by atomic mass is 10.2. The second-order valence-electron chi connectivity index (χ2n) is 6.61. The molecule has 13 heteroatoms. The number of anilines is 1. The number of ether oxygens (including phenoxy) is 1. The number of halogens is 5. The molecule has 0 saturated carbocycles. The molecule has 4 heterocycles. The highest BCUT2D eigenvalue weighted by Crippen LogP contribution is 2.30. The summed E-state index contributed by atoms with van der Waals surface area (Å²) in [6.45, 7) is -1.12. The lowest BCUT2D eigenvalue weighted by Gasteiger charge is -2.38. The van der Waals surface area contributed by atoms with Crippen LogP contribution in [0.2, 0.25) is 0 Å². The summed E-state index contributed by atoms with van der Waals surface area (Å²) in [6.07, 6.45) is -8.01. The van der Waals surface area contributed by atoms with Gasteiger partial charge in [0, 0.05) is 12.6 Å². The molecule has 1 N–H and O–H groups in total. The van der Waals surface area contributed by atoms with Crippen LogP contribution in [0.5, 0.6) is 0 Å². The SMILES string of the molecule is OC[C@H]1CN(c2cc(-c3cnc4ccc(C(F)F)nn34)ncn2)C[C@@H](C(F)(F)F)O1. The van der Waals surface area contributed by atoms with Gasteiger partial charge in [-0.05, 0) is 12.1 Å². The van der Waals surface area contributed by atoms with Gasteiger partial charge in [-0.2, -0.15) is 18.3 Å². The molecule has 1 aliphatic heterocycles. The zero-order valence-electron chi connectivity index (χ0n) is 15.2. The number of hydrogen-bond acceptors (Lipinski definition) is 7. The van der Waals surface area contributed by atoms with Crippen molar-refractivity contribution < 1.29 is 31.8 Å². The van der Waals surface area contributed by atoms with Crippen molar-refractivity contribution in [2.45, 2.75) is 24.8 Å². The van der Waals surface area contributed by atoms with E-state index in [1.807, 2.05) is 0 Å². The Morgan fingerprint density at radius 3 is 2.67 bits per heavy atom. The summed E-state index contributed by atoms with van der Waals surface area (Å²) in [7, 11) is 0. The van der Waals surface area contributed by atoms with Gasteiger partial charge in [0.25, 0.3) is 6.43 Å². The summed E-state index contributed by atoms with van der Waals surface area (Å²) in [6, 6.07) is 3.94. The molecule has 3 aromatic heterocycles. The van der Waals surface area contributed by atoms with Crippen molar-refractivity contribution in [3.63, 3.8) is 0 Å². The summed E-state index contributed by atoms with van der Waals surface area (Å²) in [5, 5.41) is 13.2. The first-order chi connectivity index (χ1) is 14.3. The zero-order valence-corrected chi connectivity index (χ0v) is 15.2. The van der Waals surface area contributed by atoms with Gasteiger partial charge in [-0.25, -0.2) is 28.2 Å². The Hall–Kier alpha value is -2.93. The maximum Gasteiger partial charge on any atom is 0.416 e. The smallest absolute Gasteiger partial charge is 0.394 e. The van der Waals surface area contributed by atoms with Crippen LogP contribution >= 0.6 is 0 Å². The number of imidazole rings is 1. The fourth-order valence-electron chi connectivity index (χ4n) is 3.15. The van der Waals surface area contributed by atoms with Crippen LogP contribution in [0.3, 0.4) is 0 Å². The molecule has 1 fully saturated rings. The molecule has 30 heavy (non-hydrogen) atoms. The van der Waals surface area contributed by atoms with Gasteiger partial charge in [0.15, 0.2) is 11.8 Å². The number of aliphatic hydroxyl groups excluding tert-OH is 1. The minimum atomic E-state index is -4.61. The molecule has 0 aliphatic carbocycles. The number of aliphatic hydroxyl groups is 1. The van der Waals surface area contributed by atoms with E-state index in [-0.39, 0.29) is 23.8 Å². The average molecular weight is 430 g/mol. The van der Waals surface area contributed by atoms with E-state index in [2.05, 4.69) is 20.1 Å². The summed E-state index contributed by atoms with van der Waals surface area (Å²) in [5.41, 5.74) is 0.360. The molecule has 0 spiro atoms. The van der Waals surface area contributed by atoms with Gasteiger partial charge < -0.3 is 14.7 Å². The Morgan fingerprint density at radius 1 is 1.17 bits per heavy atom. The van der Waals surface area contributed by atoms with Crippen LogP contribution in [0.15, 0.2) is 30.7 Å². The molecule has 1 aliphatic rings. The van der Waals surface area contributed by atoms with Crippen LogP contribution < -0.4 is 4.90 Å². The Labute approximate surface area is 165 Å². The fraction of sp³-hybridized carbons (Fsp3) is 0.412. The third kappa shape index (κ3) is 3.89. The third-order valence-corrected chi connectivity index (χ3v) is 4.58. The molecule has 2 atom stereocenters. The quantitative estimate of drug-likeness (QED) is 0.636. The predicted molar refractivity (Wildman–Crippen MR) is 93.0 cm³/mol. The number of hydrogen-bond donors (Lipinski definition) is 1. The van der Waals surface area contributed by atoms with Crippen LogP contribution in [-0.4, -0.2) is 67.8 Å². The third-order valence-electron chi connectivity index (χ3n) is 4.58. The van der Waals surface area contributed by atoms with E-state index >= 15 is 0 Å². The Morgan fingerprint density at radius 2 is 1.97 bits per heavy atom. The van der Waals surface area contributed by atoms with E-state index < -0.39 is 43.7 Å². The Bertz CT molecular complexity index is 1040. The molecule has 0 amide bonds. The van der Waals surface area contributed by atoms with Crippen LogP contribution in [-0.2, 0) is 4.74 Å².